The Labute approximate surface area is 147 Å². The average Bonchev–Trinajstić information content (AvgIpc) is 3.08. The van der Waals surface area contributed by atoms with Gasteiger partial charge in [0.15, 0.2) is 0 Å². The quantitative estimate of drug-likeness (QED) is 0.739. The summed E-state index contributed by atoms with van der Waals surface area (Å²) in [4.78, 5) is 11.6. The van der Waals surface area contributed by atoms with Gasteiger partial charge in [0.05, 0.1) is 5.69 Å². The molecule has 2 aromatic heterocycles. The summed E-state index contributed by atoms with van der Waals surface area (Å²) in [6, 6.07) is 9.49. The van der Waals surface area contributed by atoms with Crippen LogP contribution in [-0.2, 0) is 16.6 Å². The molecule has 0 fully saturated rings. The van der Waals surface area contributed by atoms with E-state index in [-0.39, 0.29) is 15.5 Å². The van der Waals surface area contributed by atoms with Crippen LogP contribution in [0.2, 0.25) is 0 Å². The zero-order chi connectivity index (χ0) is 18.0. The van der Waals surface area contributed by atoms with Crippen molar-refractivity contribution >= 4 is 27.0 Å². The summed E-state index contributed by atoms with van der Waals surface area (Å²) in [5.41, 5.74) is 1.17. The van der Waals surface area contributed by atoms with E-state index in [1.807, 2.05) is 0 Å². The monoisotopic (exact) mass is 379 g/mol. The molecule has 0 amide bonds. The van der Waals surface area contributed by atoms with Gasteiger partial charge < -0.3 is 0 Å². The minimum absolute atomic E-state index is 0.0999. The van der Waals surface area contributed by atoms with Crippen molar-refractivity contribution in [2.24, 2.45) is 0 Å². The Morgan fingerprint density at radius 3 is 2.60 bits per heavy atom. The van der Waals surface area contributed by atoms with Gasteiger partial charge in [-0.2, -0.15) is 5.10 Å². The summed E-state index contributed by atoms with van der Waals surface area (Å²) < 4.78 is 41.6. The molecule has 130 valence electrons. The minimum Gasteiger partial charge on any atom is -0.279 e. The smallest absolute Gasteiger partial charge is 0.271 e. The van der Waals surface area contributed by atoms with Crippen LogP contribution in [0.3, 0.4) is 0 Å². The van der Waals surface area contributed by atoms with E-state index >= 15 is 0 Å². The summed E-state index contributed by atoms with van der Waals surface area (Å²) in [5.74, 6) is -0.446. The number of nitrogens with zero attached hydrogens (tertiary/aromatic N) is 2. The van der Waals surface area contributed by atoms with Gasteiger partial charge in [-0.3, -0.25) is 9.52 Å². The molecule has 3 aromatic rings. The Bertz CT molecular complexity index is 1060. The van der Waals surface area contributed by atoms with Gasteiger partial charge in [0.2, 0.25) is 0 Å². The number of benzene rings is 1. The normalized spacial score (nSPS) is 11.4. The molecule has 0 bridgehead atoms. The standard InChI is InChI=1S/C16H14FN3O3S2/c1-2-20-15(21)8-7-14(18-20)11-9-16(24-10-11)25(22,23)19-13-5-3-12(17)4-6-13/h3-10,19H,2H2,1H3. The van der Waals surface area contributed by atoms with Crippen molar-refractivity contribution in [1.82, 2.24) is 9.78 Å². The predicted molar refractivity (Wildman–Crippen MR) is 94.7 cm³/mol. The third kappa shape index (κ3) is 3.77. The molecule has 0 aliphatic carbocycles. The molecule has 0 saturated carbocycles. The highest BCUT2D eigenvalue weighted by Gasteiger charge is 2.18. The van der Waals surface area contributed by atoms with Crippen LogP contribution in [0.4, 0.5) is 10.1 Å². The highest BCUT2D eigenvalue weighted by atomic mass is 32.2. The van der Waals surface area contributed by atoms with E-state index in [4.69, 9.17) is 0 Å². The fraction of sp³-hybridized carbons (Fsp3) is 0.125. The third-order valence-corrected chi connectivity index (χ3v) is 6.22. The summed E-state index contributed by atoms with van der Waals surface area (Å²) >= 11 is 1.04. The maximum absolute atomic E-state index is 12.9. The van der Waals surface area contributed by atoms with E-state index in [1.165, 1.54) is 41.1 Å². The minimum atomic E-state index is -3.79. The molecule has 0 saturated heterocycles. The second kappa shape index (κ2) is 6.77. The molecule has 3 rings (SSSR count). The van der Waals surface area contributed by atoms with E-state index in [9.17, 15) is 17.6 Å². The van der Waals surface area contributed by atoms with E-state index < -0.39 is 15.8 Å². The zero-order valence-corrected chi connectivity index (χ0v) is 14.8. The van der Waals surface area contributed by atoms with Crippen LogP contribution in [0.5, 0.6) is 0 Å². The number of aryl methyl sites for hydroxylation is 1. The first-order valence-electron chi connectivity index (χ1n) is 7.34. The number of anilines is 1. The molecule has 1 N–H and O–H groups in total. The maximum Gasteiger partial charge on any atom is 0.271 e. The van der Waals surface area contributed by atoms with Crippen molar-refractivity contribution in [3.63, 3.8) is 0 Å². The molecule has 1 aromatic carbocycles. The maximum atomic E-state index is 12.9. The molecule has 0 spiro atoms. The Kier molecular flexibility index (Phi) is 4.69. The molecular formula is C16H14FN3O3S2. The van der Waals surface area contributed by atoms with Crippen molar-refractivity contribution in [3.05, 3.63) is 64.0 Å². The first-order valence-corrected chi connectivity index (χ1v) is 9.71. The van der Waals surface area contributed by atoms with Crippen molar-refractivity contribution in [3.8, 4) is 11.3 Å². The highest BCUT2D eigenvalue weighted by Crippen LogP contribution is 2.28. The Morgan fingerprint density at radius 2 is 1.92 bits per heavy atom. The molecule has 0 atom stereocenters. The van der Waals surface area contributed by atoms with Crippen molar-refractivity contribution < 1.29 is 12.8 Å². The average molecular weight is 379 g/mol. The lowest BCUT2D eigenvalue weighted by molar-refractivity contribution is 0.603. The fourth-order valence-corrected chi connectivity index (χ4v) is 4.38. The number of rotatable bonds is 5. The Morgan fingerprint density at radius 1 is 1.20 bits per heavy atom. The lowest BCUT2D eigenvalue weighted by Crippen LogP contribution is -2.20. The van der Waals surface area contributed by atoms with E-state index in [2.05, 4.69) is 9.82 Å². The van der Waals surface area contributed by atoms with Gasteiger partial charge in [0.1, 0.15) is 10.0 Å². The molecule has 0 aliphatic heterocycles. The molecule has 6 nitrogen and oxygen atoms in total. The lowest BCUT2D eigenvalue weighted by atomic mass is 10.2. The summed E-state index contributed by atoms with van der Waals surface area (Å²) in [6.07, 6.45) is 0. The largest absolute Gasteiger partial charge is 0.279 e. The van der Waals surface area contributed by atoms with E-state index in [0.717, 1.165) is 11.3 Å². The van der Waals surface area contributed by atoms with Gasteiger partial charge in [0, 0.05) is 29.2 Å². The van der Waals surface area contributed by atoms with Gasteiger partial charge in [-0.15, -0.1) is 11.3 Å². The molecule has 2 heterocycles. The second-order valence-corrected chi connectivity index (χ2v) is 7.96. The number of hydrogen-bond acceptors (Lipinski definition) is 5. The van der Waals surface area contributed by atoms with Gasteiger partial charge in [-0.25, -0.2) is 17.5 Å². The van der Waals surface area contributed by atoms with Crippen LogP contribution in [-0.4, -0.2) is 18.2 Å². The molecule has 25 heavy (non-hydrogen) atoms. The topological polar surface area (TPSA) is 81.1 Å². The predicted octanol–water partition coefficient (Wildman–Crippen LogP) is 2.93. The third-order valence-electron chi connectivity index (χ3n) is 3.40. The first-order chi connectivity index (χ1) is 11.9. The van der Waals surface area contributed by atoms with E-state index in [0.29, 0.717) is 17.8 Å². The fourth-order valence-electron chi connectivity index (χ4n) is 2.14. The first kappa shape index (κ1) is 17.3. The van der Waals surface area contributed by atoms with Gasteiger partial charge in [-0.1, -0.05) is 0 Å². The van der Waals surface area contributed by atoms with Crippen LogP contribution in [0.15, 0.2) is 56.8 Å². The Hall–Kier alpha value is -2.52. The summed E-state index contributed by atoms with van der Waals surface area (Å²) in [7, 11) is -3.79. The number of nitrogens with one attached hydrogen (secondary N) is 1. The number of aromatic nitrogens is 2. The van der Waals surface area contributed by atoms with Crippen LogP contribution in [0.25, 0.3) is 11.3 Å². The number of thiophene rings is 1. The summed E-state index contributed by atoms with van der Waals surface area (Å²) in [5, 5.41) is 5.86. The van der Waals surface area contributed by atoms with Crippen molar-refractivity contribution in [2.45, 2.75) is 17.7 Å². The van der Waals surface area contributed by atoms with Crippen LogP contribution < -0.4 is 10.3 Å². The zero-order valence-electron chi connectivity index (χ0n) is 13.1. The number of halogens is 1. The van der Waals surface area contributed by atoms with E-state index in [1.54, 1.807) is 18.4 Å². The molecule has 0 radical (unpaired) electrons. The number of sulfonamides is 1. The van der Waals surface area contributed by atoms with Gasteiger partial charge in [-0.05, 0) is 43.3 Å². The Balaban J connectivity index is 1.89. The van der Waals surface area contributed by atoms with Gasteiger partial charge >= 0.3 is 0 Å². The van der Waals surface area contributed by atoms with Crippen molar-refractivity contribution in [1.29, 1.82) is 0 Å². The SMILES string of the molecule is CCn1nc(-c2csc(S(=O)(=O)Nc3ccc(F)cc3)c2)ccc1=O. The van der Waals surface area contributed by atoms with Crippen LogP contribution in [0, 0.1) is 5.82 Å². The molecule has 9 heteroatoms. The molecule has 0 unspecified atom stereocenters. The molecular weight excluding hydrogens is 365 g/mol. The lowest BCUT2D eigenvalue weighted by Gasteiger charge is -2.05. The highest BCUT2D eigenvalue weighted by molar-refractivity contribution is 7.94. The number of hydrogen-bond donors (Lipinski definition) is 1. The van der Waals surface area contributed by atoms with Crippen molar-refractivity contribution in [2.75, 3.05) is 4.72 Å². The van der Waals surface area contributed by atoms with Gasteiger partial charge in [0.25, 0.3) is 15.6 Å². The molecule has 0 aliphatic rings. The van der Waals surface area contributed by atoms with Crippen LogP contribution in [0.1, 0.15) is 6.92 Å². The van der Waals surface area contributed by atoms with Crippen LogP contribution >= 0.6 is 11.3 Å². The second-order valence-electron chi connectivity index (χ2n) is 5.14. The summed E-state index contributed by atoms with van der Waals surface area (Å²) in [6.45, 7) is 2.22.